The van der Waals surface area contributed by atoms with E-state index in [4.69, 9.17) is 11.6 Å². The molecule has 0 aliphatic carbocycles. The average molecular weight is 359 g/mol. The molecule has 0 fully saturated rings. The minimum Gasteiger partial charge on any atom is -0.380 e. The Kier molecular flexibility index (Phi) is 6.18. The van der Waals surface area contributed by atoms with Gasteiger partial charge in [0.15, 0.2) is 5.84 Å². The SMILES string of the molecule is CCc1cc(CNC(=O)c2cc(/C(N)=N/N(C)N)nc(C)n2)ccc1F. The first-order chi connectivity index (χ1) is 12.3. The van der Waals surface area contributed by atoms with Gasteiger partial charge in [-0.2, -0.15) is 0 Å². The van der Waals surface area contributed by atoms with Gasteiger partial charge in [-0.25, -0.2) is 25.3 Å². The van der Waals surface area contributed by atoms with Gasteiger partial charge in [-0.1, -0.05) is 19.1 Å². The fourth-order valence-electron chi connectivity index (χ4n) is 2.32. The van der Waals surface area contributed by atoms with Crippen molar-refractivity contribution in [2.45, 2.75) is 26.8 Å². The Labute approximate surface area is 151 Å². The number of nitrogens with one attached hydrogen (secondary N) is 1. The first kappa shape index (κ1) is 19.3. The molecular formula is C17H22FN7O. The van der Waals surface area contributed by atoms with Gasteiger partial charge >= 0.3 is 0 Å². The van der Waals surface area contributed by atoms with Gasteiger partial charge < -0.3 is 11.1 Å². The Bertz CT molecular complexity index is 836. The van der Waals surface area contributed by atoms with Gasteiger partial charge in [-0.3, -0.25) is 4.79 Å². The standard InChI is InChI=1S/C17H22FN7O/c1-4-12-7-11(5-6-13(12)18)9-21-17(26)15-8-14(22-10(2)23-15)16(19)24-25(3)20/h5-8H,4,9,20H2,1-3H3,(H2,19,24)(H,21,26). The maximum Gasteiger partial charge on any atom is 0.270 e. The molecule has 0 unspecified atom stereocenters. The second-order valence-electron chi connectivity index (χ2n) is 5.71. The first-order valence-corrected chi connectivity index (χ1v) is 8.04. The number of hydrazine groups is 1. The lowest BCUT2D eigenvalue weighted by Crippen LogP contribution is -2.28. The quantitative estimate of drug-likeness (QED) is 0.304. The normalized spacial score (nSPS) is 11.3. The molecule has 0 aliphatic rings. The lowest BCUT2D eigenvalue weighted by atomic mass is 10.1. The van der Waals surface area contributed by atoms with E-state index in [2.05, 4.69) is 20.4 Å². The molecule has 5 N–H and O–H groups in total. The van der Waals surface area contributed by atoms with E-state index in [9.17, 15) is 9.18 Å². The van der Waals surface area contributed by atoms with Crippen molar-refractivity contribution in [3.63, 3.8) is 0 Å². The third-order valence-corrected chi connectivity index (χ3v) is 3.54. The molecule has 2 aromatic rings. The van der Waals surface area contributed by atoms with Crippen LogP contribution in [-0.2, 0) is 13.0 Å². The predicted octanol–water partition coefficient (Wildman–Crippen LogP) is 0.842. The van der Waals surface area contributed by atoms with Crippen molar-refractivity contribution in [2.75, 3.05) is 7.05 Å². The molecule has 1 heterocycles. The van der Waals surface area contributed by atoms with E-state index >= 15 is 0 Å². The molecule has 0 atom stereocenters. The van der Waals surface area contributed by atoms with E-state index in [0.29, 0.717) is 23.5 Å². The molecule has 0 saturated carbocycles. The maximum atomic E-state index is 13.5. The highest BCUT2D eigenvalue weighted by Gasteiger charge is 2.13. The predicted molar refractivity (Wildman–Crippen MR) is 96.4 cm³/mol. The van der Waals surface area contributed by atoms with Crippen molar-refractivity contribution in [1.82, 2.24) is 20.4 Å². The molecule has 1 aromatic carbocycles. The lowest BCUT2D eigenvalue weighted by Gasteiger charge is -2.10. The van der Waals surface area contributed by atoms with Gasteiger partial charge in [0.2, 0.25) is 0 Å². The molecule has 26 heavy (non-hydrogen) atoms. The number of aryl methyl sites for hydroxylation is 2. The van der Waals surface area contributed by atoms with Gasteiger partial charge in [-0.05, 0) is 36.6 Å². The largest absolute Gasteiger partial charge is 0.380 e. The first-order valence-electron chi connectivity index (χ1n) is 8.04. The summed E-state index contributed by atoms with van der Waals surface area (Å²) in [6.45, 7) is 3.77. The highest BCUT2D eigenvalue weighted by atomic mass is 19.1. The van der Waals surface area contributed by atoms with Crippen LogP contribution in [0.1, 0.15) is 40.1 Å². The third-order valence-electron chi connectivity index (χ3n) is 3.54. The highest BCUT2D eigenvalue weighted by molar-refractivity contribution is 5.99. The molecule has 1 amide bonds. The van der Waals surface area contributed by atoms with Crippen molar-refractivity contribution in [1.29, 1.82) is 0 Å². The van der Waals surface area contributed by atoms with Crippen LogP contribution in [-0.4, -0.2) is 33.9 Å². The van der Waals surface area contributed by atoms with Crippen LogP contribution in [0.2, 0.25) is 0 Å². The molecule has 2 rings (SSSR count). The van der Waals surface area contributed by atoms with Crippen LogP contribution in [0.15, 0.2) is 29.4 Å². The summed E-state index contributed by atoms with van der Waals surface area (Å²) in [6.07, 6.45) is 0.580. The topological polar surface area (TPSA) is 123 Å². The van der Waals surface area contributed by atoms with Crippen LogP contribution < -0.4 is 16.9 Å². The Hall–Kier alpha value is -3.07. The van der Waals surface area contributed by atoms with Crippen LogP contribution in [0.25, 0.3) is 0 Å². The summed E-state index contributed by atoms with van der Waals surface area (Å²) < 4.78 is 13.5. The fraction of sp³-hybridized carbons (Fsp3) is 0.294. The zero-order valence-corrected chi connectivity index (χ0v) is 15.0. The Morgan fingerprint density at radius 1 is 1.31 bits per heavy atom. The summed E-state index contributed by atoms with van der Waals surface area (Å²) in [5, 5.41) is 7.66. The van der Waals surface area contributed by atoms with E-state index < -0.39 is 5.91 Å². The summed E-state index contributed by atoms with van der Waals surface area (Å²) in [5.41, 5.74) is 7.68. The molecule has 0 saturated heterocycles. The second kappa shape index (κ2) is 8.34. The minimum atomic E-state index is -0.395. The molecule has 0 bridgehead atoms. The molecule has 138 valence electrons. The number of hydrazone groups is 1. The Morgan fingerprint density at radius 2 is 2.00 bits per heavy atom. The van der Waals surface area contributed by atoms with E-state index in [-0.39, 0.29) is 23.9 Å². The number of aromatic nitrogens is 2. The summed E-state index contributed by atoms with van der Waals surface area (Å²) in [4.78, 5) is 20.7. The van der Waals surface area contributed by atoms with Crippen LogP contribution >= 0.6 is 0 Å². The van der Waals surface area contributed by atoms with Gasteiger partial charge in [0.05, 0.1) is 0 Å². The van der Waals surface area contributed by atoms with Gasteiger partial charge in [0, 0.05) is 13.6 Å². The number of amides is 1. The number of amidine groups is 1. The molecule has 0 aliphatic heterocycles. The molecule has 9 heteroatoms. The third kappa shape index (κ3) is 4.96. The van der Waals surface area contributed by atoms with E-state index in [0.717, 1.165) is 10.7 Å². The molecule has 8 nitrogen and oxygen atoms in total. The Morgan fingerprint density at radius 3 is 2.65 bits per heavy atom. The minimum absolute atomic E-state index is 0.0701. The number of hydrogen-bond donors (Lipinski definition) is 3. The van der Waals surface area contributed by atoms with Gasteiger partial charge in [0.1, 0.15) is 23.0 Å². The van der Waals surface area contributed by atoms with Crippen LogP contribution in [0, 0.1) is 12.7 Å². The number of carbonyl (C=O) groups excluding carboxylic acids is 1. The zero-order valence-electron chi connectivity index (χ0n) is 15.0. The molecule has 0 spiro atoms. The molecule has 0 radical (unpaired) electrons. The number of nitrogens with two attached hydrogens (primary N) is 2. The maximum absolute atomic E-state index is 13.5. The lowest BCUT2D eigenvalue weighted by molar-refractivity contribution is 0.0945. The second-order valence-corrected chi connectivity index (χ2v) is 5.71. The van der Waals surface area contributed by atoms with Crippen LogP contribution in [0.4, 0.5) is 4.39 Å². The van der Waals surface area contributed by atoms with E-state index in [1.807, 2.05) is 6.92 Å². The Balaban J connectivity index is 2.16. The zero-order chi connectivity index (χ0) is 19.3. The number of nitrogens with zero attached hydrogens (tertiary/aromatic N) is 4. The number of benzene rings is 1. The fourth-order valence-corrected chi connectivity index (χ4v) is 2.32. The van der Waals surface area contributed by atoms with Crippen molar-refractivity contribution < 1.29 is 9.18 Å². The summed E-state index contributed by atoms with van der Waals surface area (Å²) in [5.74, 6) is 5.23. The van der Waals surface area contributed by atoms with Gasteiger partial charge in [0.25, 0.3) is 5.91 Å². The summed E-state index contributed by atoms with van der Waals surface area (Å²) in [7, 11) is 1.52. The summed E-state index contributed by atoms with van der Waals surface area (Å²) in [6, 6.07) is 6.20. The molecular weight excluding hydrogens is 337 g/mol. The monoisotopic (exact) mass is 359 g/mol. The highest BCUT2D eigenvalue weighted by Crippen LogP contribution is 2.11. The molecule has 1 aromatic heterocycles. The van der Waals surface area contributed by atoms with Crippen molar-refractivity contribution in [2.24, 2.45) is 16.7 Å². The van der Waals surface area contributed by atoms with E-state index in [1.54, 1.807) is 19.1 Å². The average Bonchev–Trinajstić information content (AvgIpc) is 2.59. The van der Waals surface area contributed by atoms with E-state index in [1.165, 1.54) is 19.2 Å². The smallest absolute Gasteiger partial charge is 0.270 e. The summed E-state index contributed by atoms with van der Waals surface area (Å²) >= 11 is 0. The van der Waals surface area contributed by atoms with Crippen LogP contribution in [0.5, 0.6) is 0 Å². The number of carbonyl (C=O) groups is 1. The van der Waals surface area contributed by atoms with Crippen LogP contribution in [0.3, 0.4) is 0 Å². The van der Waals surface area contributed by atoms with Crippen molar-refractivity contribution in [3.05, 3.63) is 58.4 Å². The van der Waals surface area contributed by atoms with Crippen molar-refractivity contribution in [3.8, 4) is 0 Å². The number of hydrogen-bond acceptors (Lipinski definition) is 6. The van der Waals surface area contributed by atoms with Crippen molar-refractivity contribution >= 4 is 11.7 Å². The number of halogens is 1. The number of rotatable bonds is 6. The van der Waals surface area contributed by atoms with Gasteiger partial charge in [-0.15, -0.1) is 5.10 Å².